The molecule has 1 aliphatic heterocycles. The van der Waals surface area contributed by atoms with Crippen molar-refractivity contribution >= 4 is 23.0 Å². The van der Waals surface area contributed by atoms with E-state index in [1.54, 1.807) is 43.8 Å². The Morgan fingerprint density at radius 1 is 1.19 bits per heavy atom. The molecule has 3 N–H and O–H groups in total. The molecule has 9 heteroatoms. The lowest BCUT2D eigenvalue weighted by molar-refractivity contribution is -0.127. The lowest BCUT2D eigenvalue weighted by Crippen LogP contribution is -2.57. The number of ether oxygens (including phenoxy) is 1. The van der Waals surface area contributed by atoms with E-state index in [1.165, 1.54) is 17.8 Å². The van der Waals surface area contributed by atoms with E-state index in [1.807, 2.05) is 6.92 Å². The highest BCUT2D eigenvalue weighted by Gasteiger charge is 2.40. The molecule has 4 unspecified atom stereocenters. The first-order valence-corrected chi connectivity index (χ1v) is 13.9. The van der Waals surface area contributed by atoms with Crippen LogP contribution in [-0.4, -0.2) is 65.7 Å². The number of methoxy groups -OCH3 is 1. The molecule has 2 heterocycles. The lowest BCUT2D eigenvalue weighted by Gasteiger charge is -2.40. The number of aliphatic hydroxyl groups excluding tert-OH is 1. The molecule has 36 heavy (non-hydrogen) atoms. The van der Waals surface area contributed by atoms with Gasteiger partial charge in [-0.3, -0.25) is 14.5 Å². The summed E-state index contributed by atoms with van der Waals surface area (Å²) < 4.78 is 5.25. The first-order valence-electron chi connectivity index (χ1n) is 13.0. The number of likely N-dealkylation sites (N-methyl/N-ethyl adjacent to an activating group) is 1. The Bertz CT molecular complexity index is 1040. The van der Waals surface area contributed by atoms with Gasteiger partial charge in [0.25, 0.3) is 0 Å². The fraction of sp³-hybridized carbons (Fsp3) is 0.593. The van der Waals surface area contributed by atoms with Crippen molar-refractivity contribution in [2.75, 3.05) is 20.7 Å². The van der Waals surface area contributed by atoms with E-state index < -0.39 is 6.23 Å². The van der Waals surface area contributed by atoms with Crippen molar-refractivity contribution < 1.29 is 19.4 Å². The van der Waals surface area contributed by atoms with Crippen molar-refractivity contribution in [3.63, 3.8) is 0 Å². The Labute approximate surface area is 217 Å². The van der Waals surface area contributed by atoms with Gasteiger partial charge < -0.3 is 20.5 Å². The third-order valence-corrected chi connectivity index (χ3v) is 8.57. The zero-order chi connectivity index (χ0) is 25.7. The van der Waals surface area contributed by atoms with Crippen LogP contribution in [0.5, 0.6) is 5.75 Å². The Balaban J connectivity index is 1.53. The van der Waals surface area contributed by atoms with Gasteiger partial charge in [-0.25, -0.2) is 4.98 Å². The highest BCUT2D eigenvalue weighted by Crippen LogP contribution is 2.38. The van der Waals surface area contributed by atoms with Gasteiger partial charge in [0.1, 0.15) is 22.7 Å². The number of amides is 1. The molecule has 2 aliphatic rings. The number of nitrogens with one attached hydrogen (secondary N) is 2. The average Bonchev–Trinajstić information content (AvgIpc) is 3.61. The molecule has 4 rings (SSSR count). The molecule has 196 valence electrons. The summed E-state index contributed by atoms with van der Waals surface area (Å²) in [6.07, 6.45) is 6.43. The first-order chi connectivity index (χ1) is 17.4. The van der Waals surface area contributed by atoms with Crippen molar-refractivity contribution in [1.29, 1.82) is 0 Å². The SMILES string of the molecule is CNC(C)C(=O)NC(C1CCCCC1)C(O)N1CCCC1c1nc(C(=O)c2cccc(OC)c2)cs1. The van der Waals surface area contributed by atoms with Gasteiger partial charge >= 0.3 is 0 Å². The Morgan fingerprint density at radius 3 is 2.69 bits per heavy atom. The van der Waals surface area contributed by atoms with Crippen LogP contribution in [0.4, 0.5) is 0 Å². The third kappa shape index (κ3) is 5.96. The van der Waals surface area contributed by atoms with Crippen LogP contribution in [0.3, 0.4) is 0 Å². The summed E-state index contributed by atoms with van der Waals surface area (Å²) >= 11 is 1.46. The summed E-state index contributed by atoms with van der Waals surface area (Å²) in [5, 5.41) is 20.4. The van der Waals surface area contributed by atoms with Crippen LogP contribution < -0.4 is 15.4 Å². The normalized spacial score (nSPS) is 21.6. The van der Waals surface area contributed by atoms with Gasteiger partial charge in [0.05, 0.1) is 25.2 Å². The van der Waals surface area contributed by atoms with Crippen LogP contribution in [0.25, 0.3) is 0 Å². The molecule has 1 amide bonds. The smallest absolute Gasteiger partial charge is 0.237 e. The van der Waals surface area contributed by atoms with Crippen molar-refractivity contribution in [2.45, 2.75) is 76.2 Å². The second-order valence-corrected chi connectivity index (χ2v) is 10.8. The molecule has 1 saturated carbocycles. The summed E-state index contributed by atoms with van der Waals surface area (Å²) in [4.78, 5) is 32.6. The predicted molar refractivity (Wildman–Crippen MR) is 140 cm³/mol. The zero-order valence-corrected chi connectivity index (χ0v) is 22.2. The summed E-state index contributed by atoms with van der Waals surface area (Å²) in [6, 6.07) is 6.33. The monoisotopic (exact) mass is 514 g/mol. The molecule has 1 aromatic carbocycles. The maximum atomic E-state index is 13.1. The Kier molecular flexibility index (Phi) is 9.11. The van der Waals surface area contributed by atoms with Gasteiger partial charge in [-0.1, -0.05) is 31.4 Å². The number of aliphatic hydroxyl groups is 1. The van der Waals surface area contributed by atoms with E-state index in [-0.39, 0.29) is 35.7 Å². The highest BCUT2D eigenvalue weighted by molar-refractivity contribution is 7.10. The summed E-state index contributed by atoms with van der Waals surface area (Å²) in [5.41, 5.74) is 0.942. The fourth-order valence-corrected chi connectivity index (χ4v) is 6.34. The molecule has 4 atom stereocenters. The average molecular weight is 515 g/mol. The van der Waals surface area contributed by atoms with Crippen molar-refractivity contribution in [3.05, 3.63) is 45.9 Å². The maximum absolute atomic E-state index is 13.1. The number of hydrogen-bond donors (Lipinski definition) is 3. The van der Waals surface area contributed by atoms with Gasteiger partial charge in [-0.2, -0.15) is 0 Å². The number of carbonyl (C=O) groups excluding carboxylic acids is 2. The molecule has 2 fully saturated rings. The summed E-state index contributed by atoms with van der Waals surface area (Å²) in [7, 11) is 3.34. The molecule has 2 aromatic rings. The first kappa shape index (κ1) is 26.7. The predicted octanol–water partition coefficient (Wildman–Crippen LogP) is 3.51. The number of rotatable bonds is 10. The van der Waals surface area contributed by atoms with E-state index in [0.29, 0.717) is 17.0 Å². The molecular formula is C27H38N4O4S. The largest absolute Gasteiger partial charge is 0.497 e. The van der Waals surface area contributed by atoms with Gasteiger partial charge in [-0.05, 0) is 57.7 Å². The van der Waals surface area contributed by atoms with Crippen molar-refractivity contribution in [1.82, 2.24) is 20.5 Å². The molecule has 1 saturated heterocycles. The summed E-state index contributed by atoms with van der Waals surface area (Å²) in [6.45, 7) is 2.56. The van der Waals surface area contributed by atoms with E-state index >= 15 is 0 Å². The van der Waals surface area contributed by atoms with E-state index in [4.69, 9.17) is 9.72 Å². The third-order valence-electron chi connectivity index (χ3n) is 7.62. The minimum atomic E-state index is -0.810. The number of thiazole rings is 1. The van der Waals surface area contributed by atoms with Crippen LogP contribution in [0.2, 0.25) is 0 Å². The lowest BCUT2D eigenvalue weighted by atomic mass is 9.82. The van der Waals surface area contributed by atoms with Crippen LogP contribution >= 0.6 is 11.3 Å². The second kappa shape index (κ2) is 12.3. The van der Waals surface area contributed by atoms with E-state index in [0.717, 1.165) is 50.1 Å². The number of nitrogens with zero attached hydrogens (tertiary/aromatic N) is 2. The second-order valence-electron chi connectivity index (χ2n) is 9.88. The molecule has 0 radical (unpaired) electrons. The van der Waals surface area contributed by atoms with E-state index in [2.05, 4.69) is 15.5 Å². The van der Waals surface area contributed by atoms with Crippen LogP contribution in [0.15, 0.2) is 29.6 Å². The van der Waals surface area contributed by atoms with Gasteiger partial charge in [-0.15, -0.1) is 11.3 Å². The minimum absolute atomic E-state index is 0.0819. The number of hydrogen-bond acceptors (Lipinski definition) is 8. The molecule has 1 aliphatic carbocycles. The molecule has 1 aromatic heterocycles. The highest BCUT2D eigenvalue weighted by atomic mass is 32.1. The summed E-state index contributed by atoms with van der Waals surface area (Å²) in [5.74, 6) is 0.632. The van der Waals surface area contributed by atoms with Gasteiger partial charge in [0.15, 0.2) is 0 Å². The molecular weight excluding hydrogens is 476 g/mol. The van der Waals surface area contributed by atoms with Crippen LogP contribution in [0.1, 0.15) is 79.0 Å². The topological polar surface area (TPSA) is 104 Å². The fourth-order valence-electron chi connectivity index (χ4n) is 5.38. The van der Waals surface area contributed by atoms with Gasteiger partial charge in [0.2, 0.25) is 11.7 Å². The number of benzene rings is 1. The van der Waals surface area contributed by atoms with Crippen molar-refractivity contribution in [3.8, 4) is 5.75 Å². The number of aromatic nitrogens is 1. The van der Waals surface area contributed by atoms with Gasteiger partial charge in [0, 0.05) is 17.5 Å². The van der Waals surface area contributed by atoms with Crippen molar-refractivity contribution in [2.24, 2.45) is 5.92 Å². The maximum Gasteiger partial charge on any atom is 0.237 e. The van der Waals surface area contributed by atoms with Crippen LogP contribution in [0, 0.1) is 5.92 Å². The Hall–Kier alpha value is -2.33. The minimum Gasteiger partial charge on any atom is -0.497 e. The molecule has 0 spiro atoms. The number of carbonyl (C=O) groups is 2. The zero-order valence-electron chi connectivity index (χ0n) is 21.4. The quantitative estimate of drug-likeness (QED) is 0.417. The van der Waals surface area contributed by atoms with E-state index in [9.17, 15) is 14.7 Å². The number of ketones is 1. The standard InChI is InChI=1S/C27H38N4O4S/c1-17(28-2)25(33)30-23(18-9-5-4-6-10-18)27(34)31-14-8-13-22(31)26-29-21(16-36-26)24(32)19-11-7-12-20(15-19)35-3/h7,11-12,15-18,22-23,27-28,34H,4-6,8-10,13-14H2,1-3H3,(H,30,33). The number of likely N-dealkylation sites (tertiary alicyclic amines) is 1. The Morgan fingerprint density at radius 2 is 1.97 bits per heavy atom. The molecule has 0 bridgehead atoms. The molecule has 8 nitrogen and oxygen atoms in total. The van der Waals surface area contributed by atoms with Crippen LogP contribution in [-0.2, 0) is 4.79 Å².